The van der Waals surface area contributed by atoms with Gasteiger partial charge in [0, 0.05) is 19.5 Å². The van der Waals surface area contributed by atoms with Crippen LogP contribution in [0.5, 0.6) is 0 Å². The Kier molecular flexibility index (Phi) is 19.6. The number of hydrogen-bond acceptors (Lipinski definition) is 3. The number of carbonyl (C=O) groups is 1. The van der Waals surface area contributed by atoms with Crippen molar-refractivity contribution in [3.8, 4) is 0 Å². The fourth-order valence-corrected chi connectivity index (χ4v) is 5.16. The highest BCUT2D eigenvalue weighted by atomic mass is 32.2. The summed E-state index contributed by atoms with van der Waals surface area (Å²) in [6.07, 6.45) is 19.2. The topological polar surface area (TPSA) is 54.5 Å². The van der Waals surface area contributed by atoms with Gasteiger partial charge in [-0.2, -0.15) is 0 Å². The molecule has 5 heteroatoms. The first-order valence-electron chi connectivity index (χ1n) is 12.0. The van der Waals surface area contributed by atoms with Crippen molar-refractivity contribution in [2.75, 3.05) is 18.8 Å². The number of unbranched alkanes of at least 4 members (excludes halogenated alkanes) is 14. The normalized spacial score (nSPS) is 12.0. The van der Waals surface area contributed by atoms with Gasteiger partial charge in [0.25, 0.3) is 0 Å². The van der Waals surface area contributed by atoms with Crippen molar-refractivity contribution in [1.82, 2.24) is 4.31 Å². The highest BCUT2D eigenvalue weighted by Gasteiger charge is 2.20. The molecule has 0 bridgehead atoms. The molecule has 0 aliphatic heterocycles. The zero-order chi connectivity index (χ0) is 20.9. The van der Waals surface area contributed by atoms with Crippen LogP contribution in [0.1, 0.15) is 123 Å². The molecule has 0 unspecified atom stereocenters. The van der Waals surface area contributed by atoms with Crippen molar-refractivity contribution >= 4 is 16.3 Å². The van der Waals surface area contributed by atoms with E-state index < -0.39 is 10.0 Å². The van der Waals surface area contributed by atoms with Gasteiger partial charge in [0.1, 0.15) is 6.29 Å². The lowest BCUT2D eigenvalue weighted by atomic mass is 10.1. The van der Waals surface area contributed by atoms with E-state index in [2.05, 4.69) is 13.8 Å². The predicted molar refractivity (Wildman–Crippen MR) is 121 cm³/mol. The molecule has 0 amide bonds. The Hall–Kier alpha value is -0.420. The lowest BCUT2D eigenvalue weighted by molar-refractivity contribution is -0.107. The molecule has 0 saturated carbocycles. The van der Waals surface area contributed by atoms with Gasteiger partial charge >= 0.3 is 0 Å². The molecule has 0 saturated heterocycles. The molecule has 0 rings (SSSR count). The number of sulfonamides is 1. The fourth-order valence-electron chi connectivity index (χ4n) is 3.52. The average Bonchev–Trinajstić information content (AvgIpc) is 2.68. The van der Waals surface area contributed by atoms with E-state index in [0.717, 1.165) is 51.2 Å². The molecular formula is C23H47NO3S. The van der Waals surface area contributed by atoms with Crippen molar-refractivity contribution in [3.63, 3.8) is 0 Å². The minimum Gasteiger partial charge on any atom is -0.303 e. The number of nitrogens with zero attached hydrogens (tertiary/aromatic N) is 1. The van der Waals surface area contributed by atoms with Crippen molar-refractivity contribution in [2.45, 2.75) is 123 Å². The molecular weight excluding hydrogens is 370 g/mol. The van der Waals surface area contributed by atoms with Gasteiger partial charge in [-0.1, -0.05) is 90.9 Å². The Morgan fingerprint density at radius 3 is 1.54 bits per heavy atom. The van der Waals surface area contributed by atoms with Crippen LogP contribution in [-0.4, -0.2) is 37.9 Å². The van der Waals surface area contributed by atoms with Crippen molar-refractivity contribution in [2.24, 2.45) is 0 Å². The number of aldehydes is 1. The Morgan fingerprint density at radius 2 is 1.04 bits per heavy atom. The zero-order valence-corrected chi connectivity index (χ0v) is 19.6. The Bertz CT molecular complexity index is 421. The smallest absolute Gasteiger partial charge is 0.214 e. The standard InChI is InChI=1S/C23H47NO3S/c1-3-5-7-9-12-16-20-24(21-17-13-10-8-6-4-2)28(26,27)23-19-15-11-14-18-22-25/h22H,3-21,23H2,1-2H3. The van der Waals surface area contributed by atoms with Gasteiger partial charge in [-0.15, -0.1) is 0 Å². The van der Waals surface area contributed by atoms with Crippen LogP contribution in [0.15, 0.2) is 0 Å². The molecule has 0 N–H and O–H groups in total. The summed E-state index contributed by atoms with van der Waals surface area (Å²) in [6, 6.07) is 0. The van der Waals surface area contributed by atoms with Crippen LogP contribution in [0.25, 0.3) is 0 Å². The Balaban J connectivity index is 4.30. The maximum absolute atomic E-state index is 12.8. The maximum atomic E-state index is 12.8. The second-order valence-electron chi connectivity index (χ2n) is 8.12. The molecule has 0 aromatic rings. The summed E-state index contributed by atoms with van der Waals surface area (Å²) >= 11 is 0. The molecule has 0 atom stereocenters. The van der Waals surface area contributed by atoms with Crippen LogP contribution >= 0.6 is 0 Å². The van der Waals surface area contributed by atoms with E-state index in [-0.39, 0.29) is 5.75 Å². The molecule has 0 heterocycles. The predicted octanol–water partition coefficient (Wildman–Crippen LogP) is 6.49. The Morgan fingerprint density at radius 1 is 0.607 bits per heavy atom. The first-order valence-corrected chi connectivity index (χ1v) is 13.6. The molecule has 0 aliphatic rings. The van der Waals surface area contributed by atoms with E-state index in [0.29, 0.717) is 25.9 Å². The minimum absolute atomic E-state index is 0.264. The van der Waals surface area contributed by atoms with Crippen LogP contribution in [0.4, 0.5) is 0 Å². The second kappa shape index (κ2) is 19.9. The fraction of sp³-hybridized carbons (Fsp3) is 0.957. The van der Waals surface area contributed by atoms with Gasteiger partial charge in [-0.3, -0.25) is 0 Å². The van der Waals surface area contributed by atoms with Crippen molar-refractivity contribution < 1.29 is 13.2 Å². The Labute approximate surface area is 175 Å². The number of hydrogen-bond donors (Lipinski definition) is 0. The quantitative estimate of drug-likeness (QED) is 0.149. The summed E-state index contributed by atoms with van der Waals surface area (Å²) in [6.45, 7) is 5.81. The molecule has 168 valence electrons. The third kappa shape index (κ3) is 16.5. The third-order valence-corrected chi connectivity index (χ3v) is 7.35. The molecule has 0 aliphatic carbocycles. The number of carbonyl (C=O) groups excluding carboxylic acids is 1. The summed E-state index contributed by atoms with van der Waals surface area (Å²) < 4.78 is 27.4. The first-order chi connectivity index (χ1) is 13.6. The van der Waals surface area contributed by atoms with Crippen LogP contribution in [0, 0.1) is 0 Å². The van der Waals surface area contributed by atoms with Crippen LogP contribution in [0.3, 0.4) is 0 Å². The van der Waals surface area contributed by atoms with E-state index in [1.54, 1.807) is 4.31 Å². The van der Waals surface area contributed by atoms with Gasteiger partial charge in [0.15, 0.2) is 0 Å². The SMILES string of the molecule is CCCCCCCCN(CCCCCCCC)S(=O)(=O)CCCCCCC=O. The van der Waals surface area contributed by atoms with Crippen LogP contribution in [-0.2, 0) is 14.8 Å². The van der Waals surface area contributed by atoms with Gasteiger partial charge in [0.05, 0.1) is 5.75 Å². The summed E-state index contributed by atoms with van der Waals surface area (Å²) in [5.74, 6) is 0.264. The molecule has 0 fully saturated rings. The zero-order valence-electron chi connectivity index (χ0n) is 18.8. The summed E-state index contributed by atoms with van der Waals surface area (Å²) in [5.41, 5.74) is 0. The minimum atomic E-state index is -3.15. The van der Waals surface area contributed by atoms with Crippen LogP contribution in [0.2, 0.25) is 0 Å². The van der Waals surface area contributed by atoms with E-state index in [1.165, 1.54) is 51.4 Å². The van der Waals surface area contributed by atoms with Gasteiger partial charge < -0.3 is 4.79 Å². The highest BCUT2D eigenvalue weighted by molar-refractivity contribution is 7.89. The molecule has 0 radical (unpaired) electrons. The molecule has 4 nitrogen and oxygen atoms in total. The third-order valence-electron chi connectivity index (χ3n) is 5.39. The van der Waals surface area contributed by atoms with E-state index >= 15 is 0 Å². The van der Waals surface area contributed by atoms with Crippen LogP contribution < -0.4 is 0 Å². The highest BCUT2D eigenvalue weighted by Crippen LogP contribution is 2.14. The maximum Gasteiger partial charge on any atom is 0.214 e. The van der Waals surface area contributed by atoms with Crippen molar-refractivity contribution in [1.29, 1.82) is 0 Å². The number of rotatable bonds is 22. The van der Waals surface area contributed by atoms with E-state index in [9.17, 15) is 13.2 Å². The van der Waals surface area contributed by atoms with Gasteiger partial charge in [-0.25, -0.2) is 12.7 Å². The van der Waals surface area contributed by atoms with Gasteiger partial charge in [-0.05, 0) is 25.7 Å². The monoisotopic (exact) mass is 417 g/mol. The second-order valence-corrected chi connectivity index (χ2v) is 10.2. The van der Waals surface area contributed by atoms with E-state index in [1.807, 2.05) is 0 Å². The average molecular weight is 418 g/mol. The summed E-state index contributed by atoms with van der Waals surface area (Å²) in [5, 5.41) is 0. The van der Waals surface area contributed by atoms with Crippen molar-refractivity contribution in [3.05, 3.63) is 0 Å². The summed E-state index contributed by atoms with van der Waals surface area (Å²) in [7, 11) is -3.15. The first kappa shape index (κ1) is 27.6. The van der Waals surface area contributed by atoms with E-state index in [4.69, 9.17) is 0 Å². The summed E-state index contributed by atoms with van der Waals surface area (Å²) in [4.78, 5) is 10.4. The molecule has 0 spiro atoms. The lowest BCUT2D eigenvalue weighted by Crippen LogP contribution is -2.35. The molecule has 0 aromatic heterocycles. The van der Waals surface area contributed by atoms with Gasteiger partial charge in [0.2, 0.25) is 10.0 Å². The lowest BCUT2D eigenvalue weighted by Gasteiger charge is -2.22. The molecule has 0 aromatic carbocycles. The molecule has 28 heavy (non-hydrogen) atoms. The largest absolute Gasteiger partial charge is 0.303 e.